The first-order valence-electron chi connectivity index (χ1n) is 5.98. The Labute approximate surface area is 106 Å². The highest BCUT2D eigenvalue weighted by Gasteiger charge is 2.02. The minimum absolute atomic E-state index is 0.0300. The molecule has 0 saturated heterocycles. The minimum Gasteiger partial charge on any atom is -0.356 e. The fraction of sp³-hybridized carbons (Fsp3) is 0.308. The van der Waals surface area contributed by atoms with Crippen molar-refractivity contribution >= 4 is 5.91 Å². The SMILES string of the molecule is O=C(Cc1cccnc1)NCCCc1ncc[nH]1. The summed E-state index contributed by atoms with van der Waals surface area (Å²) < 4.78 is 0. The van der Waals surface area contributed by atoms with Crippen LogP contribution in [0.4, 0.5) is 0 Å². The second-order valence-electron chi connectivity index (χ2n) is 4.03. The van der Waals surface area contributed by atoms with E-state index in [2.05, 4.69) is 20.3 Å². The van der Waals surface area contributed by atoms with Crippen molar-refractivity contribution in [3.05, 3.63) is 48.3 Å². The molecule has 1 amide bonds. The second kappa shape index (κ2) is 6.54. The first-order valence-corrected chi connectivity index (χ1v) is 5.98. The molecule has 2 rings (SSSR count). The van der Waals surface area contributed by atoms with Gasteiger partial charge in [0.15, 0.2) is 0 Å². The molecule has 0 saturated carbocycles. The van der Waals surface area contributed by atoms with Gasteiger partial charge >= 0.3 is 0 Å². The Morgan fingerprint density at radius 3 is 3.06 bits per heavy atom. The fourth-order valence-corrected chi connectivity index (χ4v) is 1.67. The average Bonchev–Trinajstić information content (AvgIpc) is 2.89. The van der Waals surface area contributed by atoms with Gasteiger partial charge in [0.2, 0.25) is 5.91 Å². The number of aryl methyl sites for hydroxylation is 1. The molecule has 0 aliphatic heterocycles. The highest BCUT2D eigenvalue weighted by Crippen LogP contribution is 1.97. The largest absolute Gasteiger partial charge is 0.356 e. The van der Waals surface area contributed by atoms with Gasteiger partial charge in [-0.15, -0.1) is 0 Å². The number of aromatic nitrogens is 3. The number of nitrogens with one attached hydrogen (secondary N) is 2. The van der Waals surface area contributed by atoms with Crippen LogP contribution in [-0.4, -0.2) is 27.4 Å². The topological polar surface area (TPSA) is 70.7 Å². The first-order chi connectivity index (χ1) is 8.84. The molecular formula is C13H16N4O. The van der Waals surface area contributed by atoms with E-state index in [0.29, 0.717) is 13.0 Å². The maximum absolute atomic E-state index is 11.6. The van der Waals surface area contributed by atoms with Crippen molar-refractivity contribution in [2.24, 2.45) is 0 Å². The van der Waals surface area contributed by atoms with E-state index in [1.165, 1.54) is 0 Å². The summed E-state index contributed by atoms with van der Waals surface area (Å²) in [6.45, 7) is 0.666. The van der Waals surface area contributed by atoms with E-state index >= 15 is 0 Å². The van der Waals surface area contributed by atoms with E-state index < -0.39 is 0 Å². The number of amides is 1. The van der Waals surface area contributed by atoms with Gasteiger partial charge in [0.25, 0.3) is 0 Å². The van der Waals surface area contributed by atoms with Crippen LogP contribution in [0, 0.1) is 0 Å². The summed E-state index contributed by atoms with van der Waals surface area (Å²) in [7, 11) is 0. The second-order valence-corrected chi connectivity index (χ2v) is 4.03. The zero-order valence-electron chi connectivity index (χ0n) is 10.1. The lowest BCUT2D eigenvalue weighted by molar-refractivity contribution is -0.120. The molecule has 0 fully saturated rings. The van der Waals surface area contributed by atoms with Crippen LogP contribution in [0.3, 0.4) is 0 Å². The molecule has 0 atom stereocenters. The summed E-state index contributed by atoms with van der Waals surface area (Å²) in [5, 5.41) is 2.89. The van der Waals surface area contributed by atoms with E-state index in [1.807, 2.05) is 12.1 Å². The van der Waals surface area contributed by atoms with E-state index in [4.69, 9.17) is 0 Å². The monoisotopic (exact) mass is 244 g/mol. The number of rotatable bonds is 6. The standard InChI is InChI=1S/C13H16N4O/c18-13(9-11-3-1-5-14-10-11)17-6-2-4-12-15-7-8-16-12/h1,3,5,7-8,10H,2,4,6,9H2,(H,15,16)(H,17,18). The first kappa shape index (κ1) is 12.3. The Morgan fingerprint density at radius 2 is 2.33 bits per heavy atom. The third kappa shape index (κ3) is 4.01. The smallest absolute Gasteiger partial charge is 0.224 e. The molecule has 0 aliphatic rings. The molecule has 2 N–H and O–H groups in total. The number of nitrogens with zero attached hydrogens (tertiary/aromatic N) is 2. The molecule has 5 heteroatoms. The zero-order valence-corrected chi connectivity index (χ0v) is 10.1. The van der Waals surface area contributed by atoms with Gasteiger partial charge in [0.1, 0.15) is 5.82 Å². The van der Waals surface area contributed by atoms with E-state index in [9.17, 15) is 4.79 Å². The molecule has 0 bridgehead atoms. The molecule has 18 heavy (non-hydrogen) atoms. The molecule has 2 heterocycles. The van der Waals surface area contributed by atoms with Crippen molar-refractivity contribution in [3.63, 3.8) is 0 Å². The third-order valence-electron chi connectivity index (χ3n) is 2.55. The number of carbonyl (C=O) groups is 1. The van der Waals surface area contributed by atoms with E-state index in [-0.39, 0.29) is 5.91 Å². The summed E-state index contributed by atoms with van der Waals surface area (Å²) in [5.74, 6) is 0.985. The average molecular weight is 244 g/mol. The van der Waals surface area contributed by atoms with Gasteiger partial charge in [-0.1, -0.05) is 6.07 Å². The predicted molar refractivity (Wildman–Crippen MR) is 67.9 cm³/mol. The molecule has 5 nitrogen and oxygen atoms in total. The molecular weight excluding hydrogens is 228 g/mol. The predicted octanol–water partition coefficient (Wildman–Crippen LogP) is 1.10. The van der Waals surface area contributed by atoms with Crippen molar-refractivity contribution in [1.29, 1.82) is 0 Å². The molecule has 0 radical (unpaired) electrons. The van der Waals surface area contributed by atoms with Gasteiger partial charge in [-0.3, -0.25) is 9.78 Å². The van der Waals surface area contributed by atoms with Gasteiger partial charge < -0.3 is 10.3 Å². The molecule has 0 aliphatic carbocycles. The van der Waals surface area contributed by atoms with Crippen LogP contribution in [0.25, 0.3) is 0 Å². The number of imidazole rings is 1. The van der Waals surface area contributed by atoms with Crippen LogP contribution in [-0.2, 0) is 17.6 Å². The van der Waals surface area contributed by atoms with Gasteiger partial charge in [0, 0.05) is 37.8 Å². The Balaban J connectivity index is 1.63. The van der Waals surface area contributed by atoms with Crippen molar-refractivity contribution in [3.8, 4) is 0 Å². The number of H-pyrrole nitrogens is 1. The lowest BCUT2D eigenvalue weighted by Gasteiger charge is -2.04. The van der Waals surface area contributed by atoms with E-state index in [1.54, 1.807) is 24.8 Å². The fourth-order valence-electron chi connectivity index (χ4n) is 1.67. The number of pyridine rings is 1. The van der Waals surface area contributed by atoms with Gasteiger partial charge in [-0.2, -0.15) is 0 Å². The number of carbonyl (C=O) groups excluding carboxylic acids is 1. The lowest BCUT2D eigenvalue weighted by Crippen LogP contribution is -2.26. The summed E-state index contributed by atoms with van der Waals surface area (Å²) in [6, 6.07) is 3.73. The van der Waals surface area contributed by atoms with Crippen molar-refractivity contribution in [2.45, 2.75) is 19.3 Å². The number of hydrogen-bond acceptors (Lipinski definition) is 3. The summed E-state index contributed by atoms with van der Waals surface area (Å²) in [6.07, 6.45) is 9.06. The highest BCUT2D eigenvalue weighted by atomic mass is 16.1. The van der Waals surface area contributed by atoms with Crippen LogP contribution in [0.5, 0.6) is 0 Å². The van der Waals surface area contributed by atoms with Gasteiger partial charge in [-0.25, -0.2) is 4.98 Å². The molecule has 0 unspecified atom stereocenters. The maximum Gasteiger partial charge on any atom is 0.224 e. The summed E-state index contributed by atoms with van der Waals surface area (Å²) in [4.78, 5) is 22.7. The van der Waals surface area contributed by atoms with Crippen molar-refractivity contribution < 1.29 is 4.79 Å². The zero-order chi connectivity index (χ0) is 12.6. The molecule has 2 aromatic rings. The Kier molecular flexibility index (Phi) is 4.46. The van der Waals surface area contributed by atoms with Crippen LogP contribution in [0.15, 0.2) is 36.9 Å². The Morgan fingerprint density at radius 1 is 1.39 bits per heavy atom. The Bertz CT molecular complexity index is 467. The normalized spacial score (nSPS) is 10.2. The lowest BCUT2D eigenvalue weighted by atomic mass is 10.2. The maximum atomic E-state index is 11.6. The van der Waals surface area contributed by atoms with Crippen molar-refractivity contribution in [2.75, 3.05) is 6.54 Å². The molecule has 94 valence electrons. The number of aromatic amines is 1. The van der Waals surface area contributed by atoms with Crippen molar-refractivity contribution in [1.82, 2.24) is 20.3 Å². The quantitative estimate of drug-likeness (QED) is 0.747. The minimum atomic E-state index is 0.0300. The van der Waals surface area contributed by atoms with Crippen LogP contribution in [0.1, 0.15) is 17.8 Å². The molecule has 2 aromatic heterocycles. The van der Waals surface area contributed by atoms with Crippen LogP contribution < -0.4 is 5.32 Å². The van der Waals surface area contributed by atoms with Crippen LogP contribution >= 0.6 is 0 Å². The molecule has 0 spiro atoms. The van der Waals surface area contributed by atoms with E-state index in [0.717, 1.165) is 24.2 Å². The molecule has 0 aromatic carbocycles. The summed E-state index contributed by atoms with van der Waals surface area (Å²) in [5.41, 5.74) is 0.932. The summed E-state index contributed by atoms with van der Waals surface area (Å²) >= 11 is 0. The van der Waals surface area contributed by atoms with Crippen LogP contribution in [0.2, 0.25) is 0 Å². The Hall–Kier alpha value is -2.17. The van der Waals surface area contributed by atoms with Gasteiger partial charge in [-0.05, 0) is 18.1 Å². The highest BCUT2D eigenvalue weighted by molar-refractivity contribution is 5.78. The number of hydrogen-bond donors (Lipinski definition) is 2. The van der Waals surface area contributed by atoms with Gasteiger partial charge in [0.05, 0.1) is 6.42 Å². The third-order valence-corrected chi connectivity index (χ3v) is 2.55.